The number of sulfonamides is 1. The van der Waals surface area contributed by atoms with Crippen LogP contribution in [-0.2, 0) is 24.3 Å². The van der Waals surface area contributed by atoms with Gasteiger partial charge in [-0.2, -0.15) is 4.31 Å². The molecule has 1 fully saturated rings. The third-order valence-corrected chi connectivity index (χ3v) is 8.20. The number of hydrogen-bond donors (Lipinski definition) is 1. The summed E-state index contributed by atoms with van der Waals surface area (Å²) in [5.74, 6) is -1.13. The molecular formula is C29H31N3O5S. The Morgan fingerprint density at radius 3 is 1.92 bits per heavy atom. The van der Waals surface area contributed by atoms with E-state index in [1.54, 1.807) is 6.92 Å². The molecule has 1 N–H and O–H groups in total. The average molecular weight is 534 g/mol. The van der Waals surface area contributed by atoms with Crippen LogP contribution in [0.25, 0.3) is 0 Å². The summed E-state index contributed by atoms with van der Waals surface area (Å²) in [6.45, 7) is 3.82. The van der Waals surface area contributed by atoms with Gasteiger partial charge in [-0.1, -0.05) is 60.7 Å². The lowest BCUT2D eigenvalue weighted by molar-refractivity contribution is -0.137. The number of hydrogen-bond acceptors (Lipinski definition) is 6. The van der Waals surface area contributed by atoms with E-state index in [-0.39, 0.29) is 17.5 Å². The molecule has 1 heterocycles. The molecule has 38 heavy (non-hydrogen) atoms. The van der Waals surface area contributed by atoms with E-state index >= 15 is 0 Å². The van der Waals surface area contributed by atoms with Crippen LogP contribution in [0.1, 0.15) is 24.1 Å². The number of amides is 1. The van der Waals surface area contributed by atoms with E-state index in [9.17, 15) is 18.0 Å². The summed E-state index contributed by atoms with van der Waals surface area (Å²) in [5.41, 5.74) is 2.76. The fourth-order valence-electron chi connectivity index (χ4n) is 4.46. The van der Waals surface area contributed by atoms with Crippen LogP contribution in [-0.4, -0.2) is 62.3 Å². The van der Waals surface area contributed by atoms with Crippen LogP contribution in [0, 0.1) is 0 Å². The molecule has 1 aliphatic rings. The zero-order valence-electron chi connectivity index (χ0n) is 21.2. The van der Waals surface area contributed by atoms with E-state index in [4.69, 9.17) is 4.74 Å². The van der Waals surface area contributed by atoms with Gasteiger partial charge in [-0.25, -0.2) is 13.2 Å². The van der Waals surface area contributed by atoms with Gasteiger partial charge in [0.1, 0.15) is 0 Å². The number of ether oxygens (including phenoxy) is 1. The van der Waals surface area contributed by atoms with Gasteiger partial charge in [-0.15, -0.1) is 0 Å². The van der Waals surface area contributed by atoms with E-state index in [1.807, 2.05) is 36.4 Å². The van der Waals surface area contributed by atoms with Crippen LogP contribution >= 0.6 is 0 Å². The fourth-order valence-corrected chi connectivity index (χ4v) is 5.89. The topological polar surface area (TPSA) is 96.0 Å². The molecule has 0 atom stereocenters. The first-order valence-corrected chi connectivity index (χ1v) is 13.9. The quantitative estimate of drug-likeness (QED) is 0.332. The zero-order chi connectivity index (χ0) is 27.0. The molecule has 3 aromatic carbocycles. The van der Waals surface area contributed by atoms with Gasteiger partial charge >= 0.3 is 5.97 Å². The Bertz CT molecular complexity index is 1310. The zero-order valence-corrected chi connectivity index (χ0v) is 22.0. The van der Waals surface area contributed by atoms with Gasteiger partial charge in [0.2, 0.25) is 15.9 Å². The molecule has 0 aromatic heterocycles. The second kappa shape index (κ2) is 12.6. The molecule has 0 saturated carbocycles. The van der Waals surface area contributed by atoms with Gasteiger partial charge in [-0.3, -0.25) is 9.69 Å². The van der Waals surface area contributed by atoms with E-state index in [2.05, 4.69) is 34.5 Å². The molecule has 0 radical (unpaired) electrons. The minimum atomic E-state index is -3.69. The summed E-state index contributed by atoms with van der Waals surface area (Å²) >= 11 is 0. The molecular weight excluding hydrogens is 502 g/mol. The molecule has 0 bridgehead atoms. The molecule has 4 rings (SSSR count). The molecule has 8 nitrogen and oxygen atoms in total. The normalized spacial score (nSPS) is 15.0. The maximum absolute atomic E-state index is 13.3. The number of carbonyl (C=O) groups excluding carboxylic acids is 2. The van der Waals surface area contributed by atoms with Gasteiger partial charge in [-0.05, 0) is 42.3 Å². The number of anilines is 1. The summed E-state index contributed by atoms with van der Waals surface area (Å²) in [5, 5.41) is 2.60. The summed E-state index contributed by atoms with van der Waals surface area (Å²) in [6, 6.07) is 26.5. The number of esters is 1. The van der Waals surface area contributed by atoms with Gasteiger partial charge in [0.05, 0.1) is 17.5 Å². The van der Waals surface area contributed by atoms with Gasteiger partial charge in [0.25, 0.3) is 0 Å². The first-order chi connectivity index (χ1) is 18.4. The van der Waals surface area contributed by atoms with Crippen molar-refractivity contribution in [1.29, 1.82) is 0 Å². The number of carbonyl (C=O) groups is 2. The first-order valence-electron chi connectivity index (χ1n) is 12.5. The maximum Gasteiger partial charge on any atom is 0.330 e. The Kier molecular flexibility index (Phi) is 9.06. The Labute approximate surface area is 223 Å². The lowest BCUT2D eigenvalue weighted by atomic mass is 9.96. The summed E-state index contributed by atoms with van der Waals surface area (Å²) < 4.78 is 32.9. The molecule has 9 heteroatoms. The Morgan fingerprint density at radius 2 is 1.39 bits per heavy atom. The van der Waals surface area contributed by atoms with E-state index < -0.39 is 21.9 Å². The van der Waals surface area contributed by atoms with E-state index in [1.165, 1.54) is 39.7 Å². The van der Waals surface area contributed by atoms with Crippen molar-refractivity contribution in [1.82, 2.24) is 9.21 Å². The monoisotopic (exact) mass is 533 g/mol. The van der Waals surface area contributed by atoms with E-state index in [0.717, 1.165) is 12.2 Å². The Balaban J connectivity index is 1.41. The van der Waals surface area contributed by atoms with Crippen molar-refractivity contribution in [2.24, 2.45) is 0 Å². The number of nitrogens with zero attached hydrogens (tertiary/aromatic N) is 2. The number of piperazine rings is 1. The molecule has 0 unspecified atom stereocenters. The SMILES string of the molecule is CCOC(=O)C=CC(=O)Nc1ccc(S(=O)(=O)N2CCN(C(c3ccccc3)c3ccccc3)CC2)cc1. The molecule has 0 aliphatic carbocycles. The van der Waals surface area contributed by atoms with Crippen molar-refractivity contribution in [3.8, 4) is 0 Å². The summed E-state index contributed by atoms with van der Waals surface area (Å²) in [6.07, 6.45) is 2.11. The van der Waals surface area contributed by atoms with Gasteiger partial charge in [0.15, 0.2) is 0 Å². The summed E-state index contributed by atoms with van der Waals surface area (Å²) in [7, 11) is -3.69. The molecule has 1 saturated heterocycles. The molecule has 1 aliphatic heterocycles. The Morgan fingerprint density at radius 1 is 0.842 bits per heavy atom. The first kappa shape index (κ1) is 27.3. The summed E-state index contributed by atoms with van der Waals surface area (Å²) in [4.78, 5) is 25.8. The molecule has 1 amide bonds. The standard InChI is InChI=1S/C29H31N3O5S/c1-2-37-28(34)18-17-27(33)30-25-13-15-26(16-14-25)38(35,36)32-21-19-31(20-22-32)29(23-9-5-3-6-10-23)24-11-7-4-8-12-24/h3-18,29H,2,19-22H2,1H3,(H,30,33). The van der Waals surface area contributed by atoms with Crippen LogP contribution in [0.4, 0.5) is 5.69 Å². The highest BCUT2D eigenvalue weighted by atomic mass is 32.2. The van der Waals surface area contributed by atoms with Gasteiger partial charge in [0, 0.05) is 44.0 Å². The second-order valence-corrected chi connectivity index (χ2v) is 10.7. The molecule has 3 aromatic rings. The highest BCUT2D eigenvalue weighted by Gasteiger charge is 2.32. The highest BCUT2D eigenvalue weighted by Crippen LogP contribution is 2.30. The van der Waals surface area contributed by atoms with Crippen molar-refractivity contribution < 1.29 is 22.7 Å². The van der Waals surface area contributed by atoms with Gasteiger partial charge < -0.3 is 10.1 Å². The van der Waals surface area contributed by atoms with Crippen LogP contribution < -0.4 is 5.32 Å². The second-order valence-electron chi connectivity index (χ2n) is 8.76. The van der Waals surface area contributed by atoms with Crippen LogP contribution in [0.5, 0.6) is 0 Å². The van der Waals surface area contributed by atoms with Crippen molar-refractivity contribution in [2.45, 2.75) is 17.9 Å². The number of benzene rings is 3. The fraction of sp³-hybridized carbons (Fsp3) is 0.241. The van der Waals surface area contributed by atoms with E-state index in [0.29, 0.717) is 31.9 Å². The highest BCUT2D eigenvalue weighted by molar-refractivity contribution is 7.89. The third kappa shape index (κ3) is 6.74. The number of rotatable bonds is 9. The Hall–Kier alpha value is -3.79. The largest absolute Gasteiger partial charge is 0.463 e. The van der Waals surface area contributed by atoms with Crippen molar-refractivity contribution >= 4 is 27.6 Å². The van der Waals surface area contributed by atoms with Crippen LogP contribution in [0.2, 0.25) is 0 Å². The lowest BCUT2D eigenvalue weighted by Crippen LogP contribution is -2.49. The van der Waals surface area contributed by atoms with Crippen molar-refractivity contribution in [2.75, 3.05) is 38.1 Å². The smallest absolute Gasteiger partial charge is 0.330 e. The lowest BCUT2D eigenvalue weighted by Gasteiger charge is -2.39. The van der Waals surface area contributed by atoms with Crippen molar-refractivity contribution in [3.63, 3.8) is 0 Å². The maximum atomic E-state index is 13.3. The number of nitrogens with one attached hydrogen (secondary N) is 1. The predicted octanol–water partition coefficient (Wildman–Crippen LogP) is 3.84. The average Bonchev–Trinajstić information content (AvgIpc) is 2.94. The van der Waals surface area contributed by atoms with Crippen molar-refractivity contribution in [3.05, 3.63) is 108 Å². The third-order valence-electron chi connectivity index (χ3n) is 6.29. The molecule has 0 spiro atoms. The van der Waals surface area contributed by atoms with Crippen LogP contribution in [0.15, 0.2) is 102 Å². The minimum absolute atomic E-state index is 0.0445. The van der Waals surface area contributed by atoms with Crippen LogP contribution in [0.3, 0.4) is 0 Å². The minimum Gasteiger partial charge on any atom is -0.463 e. The molecule has 198 valence electrons. The predicted molar refractivity (Wildman–Crippen MR) is 146 cm³/mol.